The average molecular weight is 439 g/mol. The number of benzene rings is 2. The molecule has 1 aliphatic carbocycles. The molecule has 1 fully saturated rings. The van der Waals surface area contributed by atoms with Crippen molar-refractivity contribution >= 4 is 38.7 Å². The van der Waals surface area contributed by atoms with Gasteiger partial charge in [-0.25, -0.2) is 4.79 Å². The van der Waals surface area contributed by atoms with Crippen molar-refractivity contribution in [2.75, 3.05) is 6.54 Å². The van der Waals surface area contributed by atoms with Crippen LogP contribution in [-0.2, 0) is 21.4 Å². The summed E-state index contributed by atoms with van der Waals surface area (Å²) in [6.45, 7) is 0.480. The molecule has 1 aliphatic heterocycles. The molecule has 142 valence electrons. The maximum absolute atomic E-state index is 13.3. The molecule has 5 rings (SSSR count). The summed E-state index contributed by atoms with van der Waals surface area (Å²) in [6.07, 6.45) is 4.03. The van der Waals surface area contributed by atoms with Crippen LogP contribution in [0.2, 0.25) is 0 Å². The molecular weight excluding hydrogens is 420 g/mol. The van der Waals surface area contributed by atoms with E-state index in [1.165, 1.54) is 0 Å². The first-order valence-electron chi connectivity index (χ1n) is 9.36. The third-order valence-corrected chi connectivity index (χ3v) is 6.58. The summed E-state index contributed by atoms with van der Waals surface area (Å²) in [5.41, 5.74) is 3.64. The van der Waals surface area contributed by atoms with E-state index < -0.39 is 12.0 Å². The SMILES string of the molecule is O=C(O)C1c2ccccc2C2(CC2)CN1C(=O)Cc1c[nH]c2cc(Br)ccc12. The Labute approximate surface area is 170 Å². The molecule has 1 atom stereocenters. The second-order valence-electron chi connectivity index (χ2n) is 7.81. The van der Waals surface area contributed by atoms with E-state index in [0.717, 1.165) is 44.9 Å². The lowest BCUT2D eigenvalue weighted by Crippen LogP contribution is -2.48. The number of nitrogens with zero attached hydrogens (tertiary/aromatic N) is 1. The Morgan fingerprint density at radius 1 is 1.21 bits per heavy atom. The van der Waals surface area contributed by atoms with E-state index in [0.29, 0.717) is 6.54 Å². The Morgan fingerprint density at radius 3 is 2.75 bits per heavy atom. The number of aromatic nitrogens is 1. The van der Waals surface area contributed by atoms with Gasteiger partial charge in [-0.1, -0.05) is 46.3 Å². The number of hydrogen-bond donors (Lipinski definition) is 2. The Kier molecular flexibility index (Phi) is 3.88. The zero-order valence-electron chi connectivity index (χ0n) is 15.1. The molecule has 0 saturated heterocycles. The summed E-state index contributed by atoms with van der Waals surface area (Å²) < 4.78 is 0.967. The first kappa shape index (κ1) is 17.5. The fourth-order valence-corrected chi connectivity index (χ4v) is 4.90. The van der Waals surface area contributed by atoms with E-state index in [1.807, 2.05) is 48.7 Å². The number of fused-ring (bicyclic) bond motifs is 3. The van der Waals surface area contributed by atoms with Crippen molar-refractivity contribution in [3.63, 3.8) is 0 Å². The summed E-state index contributed by atoms with van der Waals surface area (Å²) in [5, 5.41) is 10.9. The van der Waals surface area contributed by atoms with Crippen molar-refractivity contribution in [3.8, 4) is 0 Å². The van der Waals surface area contributed by atoms with Crippen molar-refractivity contribution < 1.29 is 14.7 Å². The van der Waals surface area contributed by atoms with Gasteiger partial charge in [-0.15, -0.1) is 0 Å². The first-order chi connectivity index (χ1) is 13.5. The van der Waals surface area contributed by atoms with Crippen LogP contribution in [0.1, 0.15) is 35.6 Å². The zero-order chi connectivity index (χ0) is 19.5. The lowest BCUT2D eigenvalue weighted by atomic mass is 9.82. The minimum Gasteiger partial charge on any atom is -0.479 e. The third kappa shape index (κ3) is 2.66. The minimum absolute atomic E-state index is 0.0662. The fraction of sp³-hybridized carbons (Fsp3) is 0.273. The molecule has 2 N–H and O–H groups in total. The summed E-state index contributed by atoms with van der Waals surface area (Å²) in [4.78, 5) is 30.1. The van der Waals surface area contributed by atoms with Crippen molar-refractivity contribution in [3.05, 3.63) is 69.8 Å². The molecule has 1 spiro atoms. The van der Waals surface area contributed by atoms with E-state index in [4.69, 9.17) is 0 Å². The molecule has 1 aromatic heterocycles. The van der Waals surface area contributed by atoms with E-state index in [2.05, 4.69) is 20.9 Å². The number of nitrogens with one attached hydrogen (secondary N) is 1. The number of aromatic amines is 1. The van der Waals surface area contributed by atoms with Gasteiger partial charge >= 0.3 is 5.97 Å². The van der Waals surface area contributed by atoms with Gasteiger partial charge in [0.15, 0.2) is 6.04 Å². The monoisotopic (exact) mass is 438 g/mol. The Morgan fingerprint density at radius 2 is 2.00 bits per heavy atom. The largest absolute Gasteiger partial charge is 0.479 e. The third-order valence-electron chi connectivity index (χ3n) is 6.09. The van der Waals surface area contributed by atoms with E-state index >= 15 is 0 Å². The van der Waals surface area contributed by atoms with Crippen molar-refractivity contribution in [2.45, 2.75) is 30.7 Å². The van der Waals surface area contributed by atoms with Crippen molar-refractivity contribution in [2.24, 2.45) is 0 Å². The molecule has 1 unspecified atom stereocenters. The maximum atomic E-state index is 13.3. The normalized spacial score (nSPS) is 19.6. The summed E-state index contributed by atoms with van der Waals surface area (Å²) in [7, 11) is 0. The standard InChI is InChI=1S/C22H19BrN2O3/c23-14-5-6-15-13(11-24-18(15)10-14)9-19(26)25-12-22(7-8-22)17-4-2-1-3-16(17)20(25)21(27)28/h1-6,10-11,20,24H,7-9,12H2,(H,27,28). The number of rotatable bonds is 3. The van der Waals surface area contributed by atoms with Crippen LogP contribution in [0.15, 0.2) is 53.1 Å². The van der Waals surface area contributed by atoms with Crippen molar-refractivity contribution in [1.29, 1.82) is 0 Å². The molecular formula is C22H19BrN2O3. The lowest BCUT2D eigenvalue weighted by molar-refractivity contribution is -0.151. The van der Waals surface area contributed by atoms with Gasteiger partial charge in [-0.05, 0) is 41.7 Å². The van der Waals surface area contributed by atoms with E-state index in [1.54, 1.807) is 4.90 Å². The van der Waals surface area contributed by atoms with Gasteiger partial charge in [0.1, 0.15) is 0 Å². The summed E-state index contributed by atoms with van der Waals surface area (Å²) in [6, 6.07) is 12.7. The second kappa shape index (κ2) is 6.21. The summed E-state index contributed by atoms with van der Waals surface area (Å²) >= 11 is 3.45. The number of carbonyl (C=O) groups excluding carboxylic acids is 1. The Hall–Kier alpha value is -2.60. The second-order valence-corrected chi connectivity index (χ2v) is 8.73. The highest BCUT2D eigenvalue weighted by atomic mass is 79.9. The number of amides is 1. The molecule has 0 radical (unpaired) electrons. The van der Waals surface area contributed by atoms with Crippen LogP contribution < -0.4 is 0 Å². The molecule has 6 heteroatoms. The number of carboxylic acids is 1. The number of carbonyl (C=O) groups is 2. The average Bonchev–Trinajstić information content (AvgIpc) is 3.34. The maximum Gasteiger partial charge on any atom is 0.331 e. The van der Waals surface area contributed by atoms with Gasteiger partial charge < -0.3 is 15.0 Å². The van der Waals surface area contributed by atoms with Crippen LogP contribution in [0.5, 0.6) is 0 Å². The number of aliphatic carboxylic acids is 1. The minimum atomic E-state index is -0.973. The highest BCUT2D eigenvalue weighted by Gasteiger charge is 2.53. The fourth-order valence-electron chi connectivity index (χ4n) is 4.53. The van der Waals surface area contributed by atoms with Gasteiger partial charge in [0.25, 0.3) is 0 Å². The Bertz CT molecular complexity index is 1120. The van der Waals surface area contributed by atoms with Crippen LogP contribution >= 0.6 is 15.9 Å². The van der Waals surface area contributed by atoms with Gasteiger partial charge in [0.2, 0.25) is 5.91 Å². The zero-order valence-corrected chi connectivity index (χ0v) is 16.7. The number of halogens is 1. The van der Waals surface area contributed by atoms with Gasteiger partial charge in [0, 0.05) is 33.5 Å². The Balaban J connectivity index is 1.51. The molecule has 1 amide bonds. The van der Waals surface area contributed by atoms with Gasteiger partial charge in [-0.2, -0.15) is 0 Å². The molecule has 1 saturated carbocycles. The van der Waals surface area contributed by atoms with Crippen molar-refractivity contribution in [1.82, 2.24) is 9.88 Å². The molecule has 2 heterocycles. The number of H-pyrrole nitrogens is 1. The van der Waals surface area contributed by atoms with Crippen LogP contribution in [0, 0.1) is 0 Å². The summed E-state index contributed by atoms with van der Waals surface area (Å²) in [5.74, 6) is -1.11. The predicted octanol–water partition coefficient (Wildman–Crippen LogP) is 4.17. The molecule has 0 bridgehead atoms. The van der Waals surface area contributed by atoms with E-state index in [-0.39, 0.29) is 17.7 Å². The number of carboxylic acid groups (broad SMARTS) is 1. The topological polar surface area (TPSA) is 73.4 Å². The quantitative estimate of drug-likeness (QED) is 0.644. The van der Waals surface area contributed by atoms with Gasteiger partial charge in [0.05, 0.1) is 6.42 Å². The van der Waals surface area contributed by atoms with E-state index in [9.17, 15) is 14.7 Å². The highest BCUT2D eigenvalue weighted by Crippen LogP contribution is 2.54. The van der Waals surface area contributed by atoms with Crippen LogP contribution in [0.3, 0.4) is 0 Å². The van der Waals surface area contributed by atoms with Gasteiger partial charge in [-0.3, -0.25) is 4.79 Å². The molecule has 2 aromatic carbocycles. The molecule has 5 nitrogen and oxygen atoms in total. The van der Waals surface area contributed by atoms with Crippen LogP contribution in [0.25, 0.3) is 10.9 Å². The van der Waals surface area contributed by atoms with Crippen LogP contribution in [-0.4, -0.2) is 33.4 Å². The molecule has 3 aromatic rings. The predicted molar refractivity (Wildman–Crippen MR) is 109 cm³/mol. The van der Waals surface area contributed by atoms with Crippen LogP contribution in [0.4, 0.5) is 0 Å². The molecule has 2 aliphatic rings. The first-order valence-corrected chi connectivity index (χ1v) is 10.1. The smallest absolute Gasteiger partial charge is 0.331 e. The highest BCUT2D eigenvalue weighted by molar-refractivity contribution is 9.10. The number of hydrogen-bond acceptors (Lipinski definition) is 2. The lowest BCUT2D eigenvalue weighted by Gasteiger charge is -2.39. The molecule has 28 heavy (non-hydrogen) atoms.